The van der Waals surface area contributed by atoms with E-state index in [4.69, 9.17) is 47.0 Å². The molecule has 0 saturated carbocycles. The van der Waals surface area contributed by atoms with Crippen molar-refractivity contribution in [2.24, 2.45) is 0 Å². The quantitative estimate of drug-likeness (QED) is 0.258. The second-order valence-corrected chi connectivity index (χ2v) is 9.49. The van der Waals surface area contributed by atoms with Crippen LogP contribution >= 0.6 is 78.9 Å². The van der Waals surface area contributed by atoms with Crippen LogP contribution < -0.4 is 16.0 Å². The minimum Gasteiger partial charge on any atom is -0.339 e. The standard InChI is InChI=1S/C16H12Br2Cl3N3OS/c17-10-6-2-1-5-9(10)13(25)23-14(16(19,20)21)24-15(26)22-12-8-4-3-7-11(12)18/h1-8,14H,(H,23,25)(H2,22,24,26)/t14-/m0/s1. The van der Waals surface area contributed by atoms with Crippen LogP contribution in [-0.4, -0.2) is 21.0 Å². The second-order valence-electron chi connectivity index (χ2n) is 5.01. The van der Waals surface area contributed by atoms with E-state index in [2.05, 4.69) is 47.8 Å². The number of alkyl halides is 3. The zero-order valence-electron chi connectivity index (χ0n) is 12.9. The molecule has 26 heavy (non-hydrogen) atoms. The Morgan fingerprint density at radius 3 is 2.12 bits per heavy atom. The number of hydrogen-bond acceptors (Lipinski definition) is 2. The minimum atomic E-state index is -1.84. The van der Waals surface area contributed by atoms with Gasteiger partial charge in [0.05, 0.1) is 11.3 Å². The third kappa shape index (κ3) is 6.25. The maximum Gasteiger partial charge on any atom is 0.254 e. The van der Waals surface area contributed by atoms with Gasteiger partial charge in [-0.3, -0.25) is 4.79 Å². The molecule has 0 saturated heterocycles. The summed E-state index contributed by atoms with van der Waals surface area (Å²) in [5.74, 6) is -0.426. The fraction of sp³-hybridized carbons (Fsp3) is 0.125. The van der Waals surface area contributed by atoms with Gasteiger partial charge in [-0.15, -0.1) is 0 Å². The van der Waals surface area contributed by atoms with Crippen molar-refractivity contribution in [1.29, 1.82) is 0 Å². The van der Waals surface area contributed by atoms with Crippen molar-refractivity contribution in [3.8, 4) is 0 Å². The summed E-state index contributed by atoms with van der Waals surface area (Å²) in [5.41, 5.74) is 1.13. The Hall–Kier alpha value is -0.570. The number of benzene rings is 2. The van der Waals surface area contributed by atoms with Crippen LogP contribution in [0.15, 0.2) is 57.5 Å². The molecule has 3 N–H and O–H groups in total. The third-order valence-corrected chi connectivity index (χ3v) is 5.38. The fourth-order valence-electron chi connectivity index (χ4n) is 1.91. The predicted octanol–water partition coefficient (Wildman–Crippen LogP) is 5.62. The van der Waals surface area contributed by atoms with E-state index in [-0.39, 0.29) is 5.11 Å². The second kappa shape index (κ2) is 9.57. The van der Waals surface area contributed by atoms with Crippen LogP contribution in [0.1, 0.15) is 10.4 Å². The first-order valence-corrected chi connectivity index (χ1v) is 10.3. The third-order valence-electron chi connectivity index (χ3n) is 3.12. The SMILES string of the molecule is O=C(N[C@@H](NC(=S)Nc1ccccc1Br)C(Cl)(Cl)Cl)c1ccccc1Br. The van der Waals surface area contributed by atoms with Gasteiger partial charge in [-0.1, -0.05) is 59.1 Å². The highest BCUT2D eigenvalue weighted by molar-refractivity contribution is 9.11. The predicted molar refractivity (Wildman–Crippen MR) is 119 cm³/mol. The summed E-state index contributed by atoms with van der Waals surface area (Å²) in [6, 6.07) is 14.3. The van der Waals surface area contributed by atoms with Crippen LogP contribution in [0.3, 0.4) is 0 Å². The van der Waals surface area contributed by atoms with Crippen LogP contribution in [0.25, 0.3) is 0 Å². The number of thiocarbonyl (C=S) groups is 1. The minimum absolute atomic E-state index is 0.181. The van der Waals surface area contributed by atoms with E-state index in [0.29, 0.717) is 10.0 Å². The first kappa shape index (κ1) is 21.7. The van der Waals surface area contributed by atoms with Crippen LogP contribution in [0.2, 0.25) is 0 Å². The van der Waals surface area contributed by atoms with Crippen molar-refractivity contribution in [1.82, 2.24) is 10.6 Å². The van der Waals surface area contributed by atoms with Crippen LogP contribution in [0.5, 0.6) is 0 Å². The molecule has 0 radical (unpaired) electrons. The number of anilines is 1. The van der Waals surface area contributed by atoms with E-state index >= 15 is 0 Å². The van der Waals surface area contributed by atoms with Gasteiger partial charge < -0.3 is 16.0 Å². The summed E-state index contributed by atoms with van der Waals surface area (Å²) in [5, 5.41) is 8.59. The fourth-order valence-corrected chi connectivity index (χ4v) is 3.31. The van der Waals surface area contributed by atoms with Crippen molar-refractivity contribution in [2.45, 2.75) is 9.96 Å². The lowest BCUT2D eigenvalue weighted by Gasteiger charge is -2.28. The van der Waals surface area contributed by atoms with Crippen molar-refractivity contribution in [3.05, 3.63) is 63.0 Å². The molecule has 0 aliphatic rings. The normalized spacial score (nSPS) is 12.2. The number of carbonyl (C=O) groups excluding carboxylic acids is 1. The van der Waals surface area contributed by atoms with Gasteiger partial charge in [-0.2, -0.15) is 0 Å². The number of rotatable bonds is 4. The zero-order valence-corrected chi connectivity index (χ0v) is 19.2. The van der Waals surface area contributed by atoms with Crippen molar-refractivity contribution in [2.75, 3.05) is 5.32 Å². The Morgan fingerprint density at radius 2 is 1.54 bits per heavy atom. The summed E-state index contributed by atoms with van der Waals surface area (Å²) in [7, 11) is 0. The first-order valence-electron chi connectivity index (χ1n) is 7.12. The number of nitrogens with one attached hydrogen (secondary N) is 3. The van der Waals surface area contributed by atoms with E-state index in [1.807, 2.05) is 24.3 Å². The molecule has 1 atom stereocenters. The highest BCUT2D eigenvalue weighted by atomic mass is 79.9. The highest BCUT2D eigenvalue weighted by Crippen LogP contribution is 2.30. The van der Waals surface area contributed by atoms with Gasteiger partial charge >= 0.3 is 0 Å². The van der Waals surface area contributed by atoms with Gasteiger partial charge in [-0.25, -0.2) is 0 Å². The van der Waals surface area contributed by atoms with Gasteiger partial charge in [0.2, 0.25) is 3.79 Å². The molecule has 138 valence electrons. The molecule has 0 spiro atoms. The number of amides is 1. The monoisotopic (exact) mass is 557 g/mol. The average Bonchev–Trinajstić information content (AvgIpc) is 2.56. The Labute approximate surface area is 188 Å². The molecule has 0 fully saturated rings. The smallest absolute Gasteiger partial charge is 0.254 e. The van der Waals surface area contributed by atoms with Crippen molar-refractivity contribution >= 4 is 95.6 Å². The largest absolute Gasteiger partial charge is 0.339 e. The summed E-state index contributed by atoms with van der Waals surface area (Å²) in [4.78, 5) is 12.5. The summed E-state index contributed by atoms with van der Waals surface area (Å²) in [6.07, 6.45) is -1.06. The molecule has 0 unspecified atom stereocenters. The van der Waals surface area contributed by atoms with E-state index in [9.17, 15) is 4.79 Å². The van der Waals surface area contributed by atoms with Crippen molar-refractivity contribution < 1.29 is 4.79 Å². The first-order chi connectivity index (χ1) is 12.2. The molecular formula is C16H12Br2Cl3N3OS. The van der Waals surface area contributed by atoms with E-state index < -0.39 is 15.9 Å². The van der Waals surface area contributed by atoms with E-state index in [0.717, 1.165) is 10.2 Å². The zero-order chi connectivity index (χ0) is 19.3. The molecule has 0 heterocycles. The summed E-state index contributed by atoms with van der Waals surface area (Å²) < 4.78 is -0.405. The Balaban J connectivity index is 2.10. The lowest BCUT2D eigenvalue weighted by molar-refractivity contribution is 0.0934. The number of halogens is 5. The maximum absolute atomic E-state index is 12.5. The van der Waals surface area contributed by atoms with Gasteiger partial charge in [0.25, 0.3) is 5.91 Å². The summed E-state index contributed by atoms with van der Waals surface area (Å²) in [6.45, 7) is 0. The molecule has 0 aromatic heterocycles. The van der Waals surface area contributed by atoms with Gasteiger partial charge in [0.1, 0.15) is 6.17 Å². The molecule has 10 heteroatoms. The topological polar surface area (TPSA) is 53.2 Å². The van der Waals surface area contributed by atoms with Gasteiger partial charge in [-0.05, 0) is 68.3 Å². The lowest BCUT2D eigenvalue weighted by Crippen LogP contribution is -2.56. The van der Waals surface area contributed by atoms with Gasteiger partial charge in [0, 0.05) is 8.95 Å². The van der Waals surface area contributed by atoms with Crippen LogP contribution in [0.4, 0.5) is 5.69 Å². The molecule has 1 amide bonds. The average molecular weight is 561 g/mol. The van der Waals surface area contributed by atoms with Crippen LogP contribution in [0, 0.1) is 0 Å². The number of para-hydroxylation sites is 1. The molecule has 0 bridgehead atoms. The maximum atomic E-state index is 12.5. The number of carbonyl (C=O) groups is 1. The molecule has 0 aliphatic carbocycles. The molecular weight excluding hydrogens is 548 g/mol. The Bertz CT molecular complexity index is 817. The Morgan fingerprint density at radius 1 is 0.962 bits per heavy atom. The summed E-state index contributed by atoms with van der Waals surface area (Å²) >= 11 is 30.0. The Kier molecular flexibility index (Phi) is 8.00. The van der Waals surface area contributed by atoms with Gasteiger partial charge in [0.15, 0.2) is 5.11 Å². The van der Waals surface area contributed by atoms with Crippen LogP contribution in [-0.2, 0) is 0 Å². The molecule has 0 aliphatic heterocycles. The van der Waals surface area contributed by atoms with E-state index in [1.54, 1.807) is 24.3 Å². The lowest BCUT2D eigenvalue weighted by atomic mass is 10.2. The van der Waals surface area contributed by atoms with Crippen molar-refractivity contribution in [3.63, 3.8) is 0 Å². The van der Waals surface area contributed by atoms with E-state index in [1.165, 1.54) is 0 Å². The highest BCUT2D eigenvalue weighted by Gasteiger charge is 2.35. The molecule has 2 aromatic carbocycles. The number of hydrogen-bond donors (Lipinski definition) is 3. The molecule has 2 aromatic rings. The molecule has 2 rings (SSSR count). The molecule has 4 nitrogen and oxygen atoms in total.